The molecular weight excluding hydrogens is 406 g/mol. The summed E-state index contributed by atoms with van der Waals surface area (Å²) in [5, 5.41) is 11.6. The Balaban J connectivity index is 1.79. The molecule has 3 rings (SSSR count). The summed E-state index contributed by atoms with van der Waals surface area (Å²) in [6.07, 6.45) is 0. The molecule has 0 aromatic heterocycles. The van der Waals surface area contributed by atoms with Gasteiger partial charge < -0.3 is 5.32 Å². The number of hydrogen-bond donors (Lipinski definition) is 1. The Kier molecular flexibility index (Phi) is 6.03. The smallest absolute Gasteiger partial charge is 0.244 e. The van der Waals surface area contributed by atoms with E-state index in [0.717, 1.165) is 5.56 Å². The van der Waals surface area contributed by atoms with Gasteiger partial charge in [-0.15, -0.1) is 11.8 Å². The summed E-state index contributed by atoms with van der Waals surface area (Å²) in [6, 6.07) is 14.5. The Morgan fingerprint density at radius 2 is 1.76 bits per heavy atom. The Morgan fingerprint density at radius 1 is 1.14 bits per heavy atom. The largest absolute Gasteiger partial charge is 0.325 e. The molecule has 0 bridgehead atoms. The third kappa shape index (κ3) is 4.64. The fourth-order valence-electron chi connectivity index (χ4n) is 2.99. The maximum atomic E-state index is 13.1. The first-order valence-electron chi connectivity index (χ1n) is 9.14. The summed E-state index contributed by atoms with van der Waals surface area (Å²) in [6.45, 7) is 6.20. The number of amides is 1. The van der Waals surface area contributed by atoms with Crippen molar-refractivity contribution >= 4 is 33.4 Å². The molecule has 1 aliphatic heterocycles. The van der Waals surface area contributed by atoms with Crippen molar-refractivity contribution in [3.63, 3.8) is 0 Å². The maximum Gasteiger partial charge on any atom is 0.244 e. The lowest BCUT2D eigenvalue weighted by molar-refractivity contribution is -0.118. The van der Waals surface area contributed by atoms with Crippen LogP contribution in [0.5, 0.6) is 0 Å². The minimum Gasteiger partial charge on any atom is -0.325 e. The van der Waals surface area contributed by atoms with Crippen LogP contribution < -0.4 is 5.32 Å². The van der Waals surface area contributed by atoms with Crippen molar-refractivity contribution in [2.45, 2.75) is 37.1 Å². The van der Waals surface area contributed by atoms with Crippen LogP contribution in [-0.2, 0) is 20.2 Å². The standard InChI is InChI=1S/C21H23N3O3S2/c1-21(2,3)16-6-10-18(11-7-16)29(26,27)24-14-28-13-19(24)20(25)23-17-8-4-15(12-22)5-9-17/h4-11,19H,13-14H2,1-3H3,(H,23,25). The van der Waals surface area contributed by atoms with E-state index in [2.05, 4.69) is 26.1 Å². The van der Waals surface area contributed by atoms with Crippen LogP contribution in [0.1, 0.15) is 31.9 Å². The number of hydrogen-bond acceptors (Lipinski definition) is 5. The Labute approximate surface area is 176 Å². The number of benzene rings is 2. The minimum atomic E-state index is -3.79. The molecule has 8 heteroatoms. The normalized spacial score (nSPS) is 17.7. The second kappa shape index (κ2) is 8.19. The molecule has 2 aromatic rings. The molecule has 1 aliphatic rings. The molecule has 0 radical (unpaired) electrons. The van der Waals surface area contributed by atoms with Crippen LogP contribution in [0, 0.1) is 11.3 Å². The summed E-state index contributed by atoms with van der Waals surface area (Å²) < 4.78 is 27.5. The van der Waals surface area contributed by atoms with Gasteiger partial charge in [0.05, 0.1) is 22.4 Å². The van der Waals surface area contributed by atoms with Gasteiger partial charge in [0.1, 0.15) is 6.04 Å². The zero-order valence-corrected chi connectivity index (χ0v) is 18.2. The second-order valence-electron chi connectivity index (χ2n) is 7.86. The third-order valence-corrected chi connectivity index (χ3v) is 7.80. The van der Waals surface area contributed by atoms with Gasteiger partial charge in [0, 0.05) is 11.4 Å². The zero-order valence-electron chi connectivity index (χ0n) is 16.5. The monoisotopic (exact) mass is 429 g/mol. The molecule has 152 valence electrons. The van der Waals surface area contributed by atoms with Gasteiger partial charge in [-0.05, 0) is 47.4 Å². The summed E-state index contributed by atoms with van der Waals surface area (Å²) >= 11 is 1.41. The van der Waals surface area contributed by atoms with Crippen LogP contribution in [0.25, 0.3) is 0 Å². The first kappa shape index (κ1) is 21.4. The average Bonchev–Trinajstić information content (AvgIpc) is 3.19. The van der Waals surface area contributed by atoms with Crippen molar-refractivity contribution in [2.24, 2.45) is 0 Å². The summed E-state index contributed by atoms with van der Waals surface area (Å²) in [4.78, 5) is 12.9. The van der Waals surface area contributed by atoms with E-state index in [1.165, 1.54) is 16.1 Å². The fraction of sp³-hybridized carbons (Fsp3) is 0.333. The number of thioether (sulfide) groups is 1. The summed E-state index contributed by atoms with van der Waals surface area (Å²) in [7, 11) is -3.79. The van der Waals surface area contributed by atoms with E-state index in [1.54, 1.807) is 36.4 Å². The van der Waals surface area contributed by atoms with Crippen LogP contribution >= 0.6 is 11.8 Å². The van der Waals surface area contributed by atoms with Crippen LogP contribution in [-0.4, -0.2) is 36.3 Å². The Morgan fingerprint density at radius 3 is 2.31 bits per heavy atom. The van der Waals surface area contributed by atoms with Gasteiger partial charge in [-0.25, -0.2) is 8.42 Å². The lowest BCUT2D eigenvalue weighted by Crippen LogP contribution is -2.44. The predicted octanol–water partition coefficient (Wildman–Crippen LogP) is 3.56. The van der Waals surface area contributed by atoms with Crippen LogP contribution in [0.4, 0.5) is 5.69 Å². The van der Waals surface area contributed by atoms with Crippen LogP contribution in [0.3, 0.4) is 0 Å². The summed E-state index contributed by atoms with van der Waals surface area (Å²) in [5.74, 6) is 0.241. The van der Waals surface area contributed by atoms with E-state index in [0.29, 0.717) is 17.0 Å². The summed E-state index contributed by atoms with van der Waals surface area (Å²) in [5.41, 5.74) is 1.98. The SMILES string of the molecule is CC(C)(C)c1ccc(S(=O)(=O)N2CSCC2C(=O)Nc2ccc(C#N)cc2)cc1. The van der Waals surface area contributed by atoms with Crippen LogP contribution in [0.15, 0.2) is 53.4 Å². The van der Waals surface area contributed by atoms with E-state index in [4.69, 9.17) is 5.26 Å². The van der Waals surface area contributed by atoms with E-state index >= 15 is 0 Å². The minimum absolute atomic E-state index is 0.0741. The maximum absolute atomic E-state index is 13.1. The molecule has 29 heavy (non-hydrogen) atoms. The van der Waals surface area contributed by atoms with Gasteiger partial charge in [-0.1, -0.05) is 32.9 Å². The van der Waals surface area contributed by atoms with Crippen molar-refractivity contribution in [2.75, 3.05) is 16.9 Å². The number of nitrogens with zero attached hydrogens (tertiary/aromatic N) is 2. The first-order valence-corrected chi connectivity index (χ1v) is 11.7. The molecule has 1 saturated heterocycles. The fourth-order valence-corrected chi connectivity index (χ4v) is 6.14. The molecule has 1 amide bonds. The number of nitrogens with one attached hydrogen (secondary N) is 1. The highest BCUT2D eigenvalue weighted by atomic mass is 32.2. The van der Waals surface area contributed by atoms with Gasteiger partial charge in [-0.3, -0.25) is 4.79 Å². The van der Waals surface area contributed by atoms with Crippen molar-refractivity contribution in [1.29, 1.82) is 5.26 Å². The molecule has 1 fully saturated rings. The van der Waals surface area contributed by atoms with Crippen molar-refractivity contribution < 1.29 is 13.2 Å². The molecule has 6 nitrogen and oxygen atoms in total. The van der Waals surface area contributed by atoms with E-state index in [9.17, 15) is 13.2 Å². The third-order valence-electron chi connectivity index (χ3n) is 4.75. The van der Waals surface area contributed by atoms with E-state index in [-0.39, 0.29) is 22.1 Å². The lowest BCUT2D eigenvalue weighted by atomic mass is 9.87. The molecular formula is C21H23N3O3S2. The second-order valence-corrected chi connectivity index (χ2v) is 10.8. The number of carbonyl (C=O) groups excluding carboxylic acids is 1. The Hall–Kier alpha value is -2.34. The van der Waals surface area contributed by atoms with Crippen molar-refractivity contribution in [3.8, 4) is 6.07 Å². The van der Waals surface area contributed by atoms with Crippen molar-refractivity contribution in [3.05, 3.63) is 59.7 Å². The highest BCUT2D eigenvalue weighted by Gasteiger charge is 2.40. The quantitative estimate of drug-likeness (QED) is 0.803. The van der Waals surface area contributed by atoms with Gasteiger partial charge in [-0.2, -0.15) is 9.57 Å². The Bertz CT molecular complexity index is 1030. The zero-order chi connectivity index (χ0) is 21.2. The highest BCUT2D eigenvalue weighted by Crippen LogP contribution is 2.30. The number of anilines is 1. The highest BCUT2D eigenvalue weighted by molar-refractivity contribution is 8.00. The molecule has 0 aliphatic carbocycles. The van der Waals surface area contributed by atoms with Gasteiger partial charge in [0.25, 0.3) is 0 Å². The number of nitriles is 1. The van der Waals surface area contributed by atoms with Gasteiger partial charge >= 0.3 is 0 Å². The molecule has 1 N–H and O–H groups in total. The predicted molar refractivity (Wildman–Crippen MR) is 115 cm³/mol. The van der Waals surface area contributed by atoms with Crippen molar-refractivity contribution in [1.82, 2.24) is 4.31 Å². The topological polar surface area (TPSA) is 90.3 Å². The van der Waals surface area contributed by atoms with Gasteiger partial charge in [0.2, 0.25) is 15.9 Å². The molecule has 0 spiro atoms. The molecule has 1 heterocycles. The lowest BCUT2D eigenvalue weighted by Gasteiger charge is -2.23. The molecule has 2 aromatic carbocycles. The molecule has 1 unspecified atom stereocenters. The van der Waals surface area contributed by atoms with E-state index in [1.807, 2.05) is 18.2 Å². The number of sulfonamides is 1. The van der Waals surface area contributed by atoms with E-state index < -0.39 is 16.1 Å². The number of carbonyl (C=O) groups is 1. The molecule has 1 atom stereocenters. The van der Waals surface area contributed by atoms with Crippen LogP contribution in [0.2, 0.25) is 0 Å². The average molecular weight is 430 g/mol. The van der Waals surface area contributed by atoms with Gasteiger partial charge in [0.15, 0.2) is 0 Å². The molecule has 0 saturated carbocycles. The number of rotatable bonds is 4. The first-order chi connectivity index (χ1) is 13.6.